The maximum Gasteiger partial charge on any atom is 0.245 e. The van der Waals surface area contributed by atoms with Gasteiger partial charge in [0.2, 0.25) is 5.54 Å². The van der Waals surface area contributed by atoms with Crippen LogP contribution in [0.2, 0.25) is 0 Å². The number of aliphatic hydroxyl groups excluding tert-OH is 1. The van der Waals surface area contributed by atoms with Gasteiger partial charge in [-0.3, -0.25) is 10.1 Å². The van der Waals surface area contributed by atoms with Crippen LogP contribution in [0.1, 0.15) is 32.8 Å². The molecule has 0 aliphatic heterocycles. The minimum Gasteiger partial charge on any atom is -0.491 e. The van der Waals surface area contributed by atoms with Crippen LogP contribution < -0.4 is 4.74 Å². The molecule has 0 heterocycles. The Hall–Kier alpha value is -1.66. The first-order valence-corrected chi connectivity index (χ1v) is 7.50. The van der Waals surface area contributed by atoms with Crippen molar-refractivity contribution >= 4 is 0 Å². The highest BCUT2D eigenvalue weighted by Crippen LogP contribution is 2.17. The van der Waals surface area contributed by atoms with Gasteiger partial charge in [-0.25, -0.2) is 0 Å². The molecule has 1 aromatic rings. The van der Waals surface area contributed by atoms with Gasteiger partial charge in [0, 0.05) is 25.4 Å². The van der Waals surface area contributed by atoms with Crippen LogP contribution in [0.5, 0.6) is 5.75 Å². The summed E-state index contributed by atoms with van der Waals surface area (Å²) in [6, 6.07) is 7.44. The van der Waals surface area contributed by atoms with E-state index in [1.54, 1.807) is 12.1 Å². The third-order valence-corrected chi connectivity index (χ3v) is 3.50. The number of aliphatic hydroxyl groups is 1. The first-order valence-electron chi connectivity index (χ1n) is 7.50. The Labute approximate surface area is 131 Å². The van der Waals surface area contributed by atoms with Gasteiger partial charge in [0.1, 0.15) is 12.4 Å². The molecule has 0 saturated heterocycles. The lowest BCUT2D eigenvalue weighted by molar-refractivity contribution is -0.573. The van der Waals surface area contributed by atoms with Gasteiger partial charge in [-0.1, -0.05) is 19.1 Å². The zero-order chi connectivity index (χ0) is 16.6. The molecule has 0 radical (unpaired) electrons. The second-order valence-corrected chi connectivity index (χ2v) is 5.74. The van der Waals surface area contributed by atoms with Crippen LogP contribution in [0, 0.1) is 10.1 Å². The fourth-order valence-electron chi connectivity index (χ4n) is 1.69. The molecule has 0 aliphatic carbocycles. The first-order chi connectivity index (χ1) is 10.4. The maximum absolute atomic E-state index is 10.8. The minimum atomic E-state index is -1.43. The van der Waals surface area contributed by atoms with Crippen molar-refractivity contribution in [3.63, 3.8) is 0 Å². The summed E-state index contributed by atoms with van der Waals surface area (Å²) >= 11 is 0. The van der Waals surface area contributed by atoms with Crippen LogP contribution in [-0.2, 0) is 11.2 Å². The number of benzene rings is 1. The van der Waals surface area contributed by atoms with Crippen molar-refractivity contribution in [3.05, 3.63) is 39.9 Å². The van der Waals surface area contributed by atoms with E-state index >= 15 is 0 Å². The zero-order valence-electron chi connectivity index (χ0n) is 13.4. The summed E-state index contributed by atoms with van der Waals surface area (Å²) in [6.07, 6.45) is 0.664. The monoisotopic (exact) mass is 311 g/mol. The third kappa shape index (κ3) is 5.61. The largest absolute Gasteiger partial charge is 0.491 e. The van der Waals surface area contributed by atoms with Crippen LogP contribution in [0.15, 0.2) is 24.3 Å². The molecule has 0 saturated carbocycles. The van der Waals surface area contributed by atoms with Crippen molar-refractivity contribution in [2.75, 3.05) is 19.8 Å². The van der Waals surface area contributed by atoms with Crippen molar-refractivity contribution in [2.45, 2.75) is 45.3 Å². The van der Waals surface area contributed by atoms with Crippen LogP contribution in [0.3, 0.4) is 0 Å². The Morgan fingerprint density at radius 2 is 1.91 bits per heavy atom. The minimum absolute atomic E-state index is 0.118. The summed E-state index contributed by atoms with van der Waals surface area (Å²) in [5.41, 5.74) is -0.300. The van der Waals surface area contributed by atoms with Crippen LogP contribution in [0.25, 0.3) is 0 Å². The Balaban J connectivity index is 2.43. The van der Waals surface area contributed by atoms with E-state index in [1.165, 1.54) is 13.8 Å². The van der Waals surface area contributed by atoms with E-state index in [4.69, 9.17) is 9.47 Å². The molecule has 0 amide bonds. The molecule has 1 rings (SSSR count). The van der Waals surface area contributed by atoms with Gasteiger partial charge in [-0.15, -0.1) is 0 Å². The van der Waals surface area contributed by atoms with Crippen molar-refractivity contribution < 1.29 is 19.5 Å². The van der Waals surface area contributed by atoms with E-state index in [0.29, 0.717) is 12.4 Å². The Morgan fingerprint density at radius 1 is 1.27 bits per heavy atom. The van der Waals surface area contributed by atoms with Gasteiger partial charge in [0.25, 0.3) is 0 Å². The fraction of sp³-hybridized carbons (Fsp3) is 0.625. The van der Waals surface area contributed by atoms with E-state index < -0.39 is 16.6 Å². The number of rotatable bonds is 10. The normalized spacial score (nSPS) is 12.9. The van der Waals surface area contributed by atoms with E-state index in [9.17, 15) is 15.2 Å². The summed E-state index contributed by atoms with van der Waals surface area (Å²) in [5.74, 6) is 0.580. The predicted molar refractivity (Wildman–Crippen MR) is 83.8 cm³/mol. The van der Waals surface area contributed by atoms with Crippen LogP contribution in [-0.4, -0.2) is 41.5 Å². The average Bonchev–Trinajstić information content (AvgIpc) is 2.50. The van der Waals surface area contributed by atoms with Gasteiger partial charge in [-0.2, -0.15) is 0 Å². The number of hydrogen-bond acceptors (Lipinski definition) is 5. The Kier molecular flexibility index (Phi) is 7.27. The van der Waals surface area contributed by atoms with Crippen molar-refractivity contribution in [2.24, 2.45) is 0 Å². The van der Waals surface area contributed by atoms with E-state index in [2.05, 4.69) is 6.92 Å². The van der Waals surface area contributed by atoms with Gasteiger partial charge in [0.05, 0.1) is 6.61 Å². The Morgan fingerprint density at radius 3 is 2.45 bits per heavy atom. The molecule has 6 heteroatoms. The van der Waals surface area contributed by atoms with Crippen molar-refractivity contribution in [1.82, 2.24) is 0 Å². The lowest BCUT2D eigenvalue weighted by Gasteiger charge is -2.22. The summed E-state index contributed by atoms with van der Waals surface area (Å²) < 4.78 is 10.8. The smallest absolute Gasteiger partial charge is 0.245 e. The standard InChI is InChI=1S/C16H25NO5/c1-4-10-21-11-9-13-5-7-14(8-6-13)22-12-15(18)16(2,3)17(19)20/h5-8,15,18H,4,9-12H2,1-3H3. The molecule has 1 unspecified atom stereocenters. The molecule has 124 valence electrons. The molecule has 1 N–H and O–H groups in total. The SMILES string of the molecule is CCCOCCc1ccc(OCC(O)C(C)(C)[N+](=O)[O-])cc1. The fourth-order valence-corrected chi connectivity index (χ4v) is 1.69. The molecule has 22 heavy (non-hydrogen) atoms. The summed E-state index contributed by atoms with van der Waals surface area (Å²) in [6.45, 7) is 6.16. The van der Waals surface area contributed by atoms with Crippen molar-refractivity contribution in [3.8, 4) is 5.75 Å². The second kappa shape index (κ2) is 8.70. The average molecular weight is 311 g/mol. The number of hydrogen-bond donors (Lipinski definition) is 1. The molecule has 1 aromatic carbocycles. The molecule has 0 bridgehead atoms. The van der Waals surface area contributed by atoms with Crippen molar-refractivity contribution in [1.29, 1.82) is 0 Å². The molecule has 0 spiro atoms. The molecular weight excluding hydrogens is 286 g/mol. The Bertz CT molecular complexity index is 458. The van der Waals surface area contributed by atoms with Gasteiger partial charge in [-0.05, 0) is 30.5 Å². The molecule has 0 aromatic heterocycles. The first kappa shape index (κ1) is 18.4. The molecule has 0 fully saturated rings. The predicted octanol–water partition coefficient (Wildman–Crippen LogP) is 2.45. The summed E-state index contributed by atoms with van der Waals surface area (Å²) in [5, 5.41) is 20.7. The molecule has 1 atom stereocenters. The van der Waals surface area contributed by atoms with Gasteiger partial charge < -0.3 is 14.6 Å². The highest BCUT2D eigenvalue weighted by Gasteiger charge is 2.40. The van der Waals surface area contributed by atoms with E-state index in [0.717, 1.165) is 25.0 Å². The van der Waals surface area contributed by atoms with E-state index in [-0.39, 0.29) is 6.61 Å². The molecular formula is C16H25NO5. The zero-order valence-corrected chi connectivity index (χ0v) is 13.4. The number of nitrogens with zero attached hydrogens (tertiary/aromatic N) is 1. The maximum atomic E-state index is 10.8. The lowest BCUT2D eigenvalue weighted by Crippen LogP contribution is -2.46. The molecule has 0 aliphatic rings. The highest BCUT2D eigenvalue weighted by molar-refractivity contribution is 5.27. The molecule has 6 nitrogen and oxygen atoms in total. The summed E-state index contributed by atoms with van der Waals surface area (Å²) in [7, 11) is 0. The third-order valence-electron chi connectivity index (χ3n) is 3.50. The van der Waals surface area contributed by atoms with Crippen LogP contribution >= 0.6 is 0 Å². The van der Waals surface area contributed by atoms with Gasteiger partial charge in [0.15, 0.2) is 6.10 Å². The quantitative estimate of drug-likeness (QED) is 0.408. The highest BCUT2D eigenvalue weighted by atomic mass is 16.6. The van der Waals surface area contributed by atoms with Gasteiger partial charge >= 0.3 is 0 Å². The van der Waals surface area contributed by atoms with E-state index in [1.807, 2.05) is 12.1 Å². The number of ether oxygens (including phenoxy) is 2. The summed E-state index contributed by atoms with van der Waals surface area (Å²) in [4.78, 5) is 10.3. The lowest BCUT2D eigenvalue weighted by atomic mass is 9.99. The number of nitro groups is 1. The second-order valence-electron chi connectivity index (χ2n) is 5.74. The topological polar surface area (TPSA) is 81.8 Å². The van der Waals surface area contributed by atoms with Crippen LogP contribution in [0.4, 0.5) is 0 Å².